The van der Waals surface area contributed by atoms with Crippen LogP contribution in [0.1, 0.15) is 0 Å². The van der Waals surface area contributed by atoms with E-state index in [-0.39, 0.29) is 13.1 Å². The summed E-state index contributed by atoms with van der Waals surface area (Å²) in [5.41, 5.74) is 0. The number of nitrogens with one attached hydrogen (secondary N) is 1. The van der Waals surface area contributed by atoms with E-state index in [0.29, 0.717) is 27.7 Å². The molecule has 1 heterocycles. The van der Waals surface area contributed by atoms with Crippen LogP contribution in [0.25, 0.3) is 0 Å². The van der Waals surface area contributed by atoms with Gasteiger partial charge >= 0.3 is 0 Å². The largest absolute Gasteiger partial charge is 0.314 e. The van der Waals surface area contributed by atoms with Crippen molar-refractivity contribution in [2.24, 2.45) is 0 Å². The first kappa shape index (κ1) is 14.3. The highest BCUT2D eigenvalue weighted by Crippen LogP contribution is 2.16. The number of hydrazine groups is 1. The van der Waals surface area contributed by atoms with Gasteiger partial charge in [-0.2, -0.15) is 0 Å². The number of sulfonamides is 2. The first-order valence-corrected chi connectivity index (χ1v) is 7.87. The second-order valence-electron chi connectivity index (χ2n) is 3.30. The predicted octanol–water partition coefficient (Wildman–Crippen LogP) is -0.945. The van der Waals surface area contributed by atoms with Crippen molar-refractivity contribution >= 4 is 20.0 Å². The Balaban J connectivity index is 3.20. The number of hydrogen-bond donors (Lipinski definition) is 1. The summed E-state index contributed by atoms with van der Waals surface area (Å²) in [6.45, 7) is 7.83. The second-order valence-corrected chi connectivity index (χ2v) is 6.95. The fourth-order valence-electron chi connectivity index (χ4n) is 1.41. The molecule has 1 saturated heterocycles. The molecule has 0 radical (unpaired) electrons. The van der Waals surface area contributed by atoms with Crippen LogP contribution in [0, 0.1) is 0 Å². The fraction of sp³-hybridized carbons (Fsp3) is 0.500. The van der Waals surface area contributed by atoms with Crippen molar-refractivity contribution in [2.45, 2.75) is 0 Å². The number of nitrogens with zero attached hydrogens (tertiary/aromatic N) is 2. The third kappa shape index (κ3) is 3.13. The summed E-state index contributed by atoms with van der Waals surface area (Å²) in [7, 11) is -8.19. The lowest BCUT2D eigenvalue weighted by Crippen LogP contribution is -2.55. The highest BCUT2D eigenvalue weighted by Gasteiger charge is 2.36. The SMILES string of the molecule is C=CS(=O)(=O)N(N1CCNCC1)S(=O)(=O)C=C. The molecule has 0 atom stereocenters. The van der Waals surface area contributed by atoms with Crippen LogP contribution in [0.15, 0.2) is 24.0 Å². The number of piperazine rings is 1. The molecule has 1 aliphatic rings. The summed E-state index contributed by atoms with van der Waals surface area (Å²) in [5.74, 6) is 0. The van der Waals surface area contributed by atoms with E-state index in [1.54, 1.807) is 0 Å². The predicted molar refractivity (Wildman–Crippen MR) is 64.5 cm³/mol. The highest BCUT2D eigenvalue weighted by molar-refractivity contribution is 8.06. The summed E-state index contributed by atoms with van der Waals surface area (Å²) < 4.78 is 47.2. The maximum atomic E-state index is 11.7. The minimum atomic E-state index is -4.09. The quantitative estimate of drug-likeness (QED) is 0.699. The van der Waals surface area contributed by atoms with Gasteiger partial charge in [0.2, 0.25) is 0 Å². The Labute approximate surface area is 101 Å². The van der Waals surface area contributed by atoms with E-state index < -0.39 is 20.0 Å². The lowest BCUT2D eigenvalue weighted by molar-refractivity contribution is 0.118. The Morgan fingerprint density at radius 2 is 1.41 bits per heavy atom. The van der Waals surface area contributed by atoms with Gasteiger partial charge in [0.05, 0.1) is 0 Å². The van der Waals surface area contributed by atoms with Crippen molar-refractivity contribution in [1.82, 2.24) is 14.1 Å². The molecule has 0 saturated carbocycles. The van der Waals surface area contributed by atoms with Crippen LogP contribution in [0.5, 0.6) is 0 Å². The van der Waals surface area contributed by atoms with Gasteiger partial charge in [0, 0.05) is 37.0 Å². The molecule has 9 heteroatoms. The maximum Gasteiger partial charge on any atom is 0.262 e. The lowest BCUT2D eigenvalue weighted by Gasteiger charge is -2.33. The molecule has 0 aliphatic carbocycles. The molecule has 0 amide bonds. The van der Waals surface area contributed by atoms with E-state index in [9.17, 15) is 16.8 Å². The molecular weight excluding hydrogens is 266 g/mol. The summed E-state index contributed by atoms with van der Waals surface area (Å²) in [6, 6.07) is 0. The molecule has 0 aromatic heterocycles. The van der Waals surface area contributed by atoms with E-state index in [4.69, 9.17) is 0 Å². The van der Waals surface area contributed by atoms with Gasteiger partial charge in [-0.3, -0.25) is 0 Å². The van der Waals surface area contributed by atoms with Crippen molar-refractivity contribution in [1.29, 1.82) is 0 Å². The molecule has 7 nitrogen and oxygen atoms in total. The zero-order chi connectivity index (χ0) is 13.1. The normalized spacial score (nSPS) is 19.1. The minimum absolute atomic E-state index is 0.278. The van der Waals surface area contributed by atoms with Crippen LogP contribution in [0.2, 0.25) is 0 Å². The summed E-state index contributed by atoms with van der Waals surface area (Å²) >= 11 is 0. The Hall–Kier alpha value is -0.740. The summed E-state index contributed by atoms with van der Waals surface area (Å²) in [6.07, 6.45) is 0. The Kier molecular flexibility index (Phi) is 4.44. The van der Waals surface area contributed by atoms with Gasteiger partial charge in [0.25, 0.3) is 20.0 Å². The van der Waals surface area contributed by atoms with Crippen molar-refractivity contribution in [3.05, 3.63) is 24.0 Å². The van der Waals surface area contributed by atoms with Gasteiger partial charge in [-0.1, -0.05) is 13.2 Å². The topological polar surface area (TPSA) is 86.8 Å². The van der Waals surface area contributed by atoms with Crippen LogP contribution in [-0.4, -0.2) is 51.8 Å². The average molecular weight is 281 g/mol. The van der Waals surface area contributed by atoms with Crippen molar-refractivity contribution in [3.8, 4) is 0 Å². The molecule has 0 unspecified atom stereocenters. The molecule has 98 valence electrons. The molecule has 0 aromatic carbocycles. The molecule has 1 aliphatic heterocycles. The van der Waals surface area contributed by atoms with Gasteiger partial charge in [0.1, 0.15) is 0 Å². The van der Waals surface area contributed by atoms with Gasteiger partial charge in [-0.05, 0) is 3.82 Å². The molecule has 1 fully saturated rings. The van der Waals surface area contributed by atoms with Crippen LogP contribution >= 0.6 is 0 Å². The standard InChI is InChI=1S/C8H15N3O4S2/c1-3-16(12,13)11(17(14,15)4-2)10-7-5-9-6-8-10/h3-4,9H,1-2,5-8H2. The maximum absolute atomic E-state index is 11.7. The second kappa shape index (κ2) is 5.27. The van der Waals surface area contributed by atoms with Crippen LogP contribution in [0.4, 0.5) is 0 Å². The summed E-state index contributed by atoms with van der Waals surface area (Å²) in [4.78, 5) is 0. The van der Waals surface area contributed by atoms with E-state index in [1.807, 2.05) is 0 Å². The first-order chi connectivity index (χ1) is 7.85. The average Bonchev–Trinajstić information content (AvgIpc) is 2.30. The monoisotopic (exact) mass is 281 g/mol. The Morgan fingerprint density at radius 3 is 1.76 bits per heavy atom. The Morgan fingerprint density at radius 1 is 1.00 bits per heavy atom. The van der Waals surface area contributed by atoms with E-state index in [0.717, 1.165) is 0 Å². The third-order valence-electron chi connectivity index (χ3n) is 2.18. The van der Waals surface area contributed by atoms with E-state index >= 15 is 0 Å². The summed E-state index contributed by atoms with van der Waals surface area (Å²) in [5, 5.41) is 5.45. The molecule has 0 bridgehead atoms. The highest BCUT2D eigenvalue weighted by atomic mass is 32.3. The van der Waals surface area contributed by atoms with Gasteiger partial charge < -0.3 is 5.32 Å². The first-order valence-electron chi connectivity index (χ1n) is 4.86. The number of hydrogen-bond acceptors (Lipinski definition) is 6. The minimum Gasteiger partial charge on any atom is -0.314 e. The van der Waals surface area contributed by atoms with Crippen molar-refractivity contribution < 1.29 is 16.8 Å². The fourth-order valence-corrected chi connectivity index (χ4v) is 4.16. The molecule has 0 aromatic rings. The van der Waals surface area contributed by atoms with Crippen LogP contribution in [-0.2, 0) is 20.0 Å². The van der Waals surface area contributed by atoms with Gasteiger partial charge in [-0.25, -0.2) is 21.8 Å². The molecule has 0 spiro atoms. The molecule has 1 rings (SSSR count). The number of rotatable bonds is 5. The molecular formula is C8H15N3O4S2. The zero-order valence-electron chi connectivity index (χ0n) is 9.24. The smallest absolute Gasteiger partial charge is 0.262 e. The van der Waals surface area contributed by atoms with Crippen molar-refractivity contribution in [3.63, 3.8) is 0 Å². The Bertz CT molecular complexity index is 453. The van der Waals surface area contributed by atoms with Gasteiger partial charge in [-0.15, -0.1) is 0 Å². The van der Waals surface area contributed by atoms with Crippen molar-refractivity contribution in [2.75, 3.05) is 26.2 Å². The van der Waals surface area contributed by atoms with Gasteiger partial charge in [0.15, 0.2) is 0 Å². The van der Waals surface area contributed by atoms with Crippen LogP contribution in [0.3, 0.4) is 0 Å². The van der Waals surface area contributed by atoms with E-state index in [2.05, 4.69) is 18.5 Å². The molecule has 17 heavy (non-hydrogen) atoms. The van der Waals surface area contributed by atoms with E-state index in [1.165, 1.54) is 5.01 Å². The lowest BCUT2D eigenvalue weighted by atomic mass is 10.4. The zero-order valence-corrected chi connectivity index (χ0v) is 10.9. The third-order valence-corrected chi connectivity index (χ3v) is 5.60. The molecule has 1 N–H and O–H groups in total. The van der Waals surface area contributed by atoms with Crippen LogP contribution < -0.4 is 5.32 Å².